The molecule has 3 aromatic carbocycles. The lowest BCUT2D eigenvalue weighted by Crippen LogP contribution is -2.14. The van der Waals surface area contributed by atoms with Crippen LogP contribution < -0.4 is 10.6 Å². The SMILES string of the molecule is Nn1c(Cc2cccc3ccccc23)nnc1SCCCOc1ccc(F)cc1. The average molecular weight is 409 g/mol. The predicted molar refractivity (Wildman–Crippen MR) is 114 cm³/mol. The normalized spacial score (nSPS) is 11.1. The highest BCUT2D eigenvalue weighted by Crippen LogP contribution is 2.22. The summed E-state index contributed by atoms with van der Waals surface area (Å²) in [5.74, 6) is 8.14. The van der Waals surface area contributed by atoms with Crippen molar-refractivity contribution in [2.24, 2.45) is 0 Å². The number of aromatic nitrogens is 3. The number of halogens is 1. The Balaban J connectivity index is 1.32. The van der Waals surface area contributed by atoms with Crippen LogP contribution in [-0.2, 0) is 6.42 Å². The molecule has 0 amide bonds. The van der Waals surface area contributed by atoms with Gasteiger partial charge in [-0.15, -0.1) is 10.2 Å². The number of ether oxygens (including phenoxy) is 1. The van der Waals surface area contributed by atoms with Crippen LogP contribution in [0.4, 0.5) is 4.39 Å². The monoisotopic (exact) mass is 408 g/mol. The van der Waals surface area contributed by atoms with Gasteiger partial charge in [-0.25, -0.2) is 9.07 Å². The zero-order chi connectivity index (χ0) is 20.1. The van der Waals surface area contributed by atoms with Crippen LogP contribution in [0.15, 0.2) is 71.9 Å². The molecule has 29 heavy (non-hydrogen) atoms. The van der Waals surface area contributed by atoms with Crippen molar-refractivity contribution in [2.45, 2.75) is 18.0 Å². The third-order valence-electron chi connectivity index (χ3n) is 4.57. The Kier molecular flexibility index (Phi) is 5.95. The van der Waals surface area contributed by atoms with Crippen LogP contribution in [0.3, 0.4) is 0 Å². The molecule has 4 aromatic rings. The molecule has 0 atom stereocenters. The van der Waals surface area contributed by atoms with Crippen molar-refractivity contribution in [3.63, 3.8) is 0 Å². The van der Waals surface area contributed by atoms with Gasteiger partial charge in [-0.2, -0.15) is 0 Å². The molecule has 0 aliphatic rings. The van der Waals surface area contributed by atoms with Gasteiger partial charge in [-0.05, 0) is 47.0 Å². The van der Waals surface area contributed by atoms with Gasteiger partial charge in [0.25, 0.3) is 0 Å². The van der Waals surface area contributed by atoms with E-state index in [0.29, 0.717) is 23.9 Å². The Morgan fingerprint density at radius 1 is 0.966 bits per heavy atom. The highest BCUT2D eigenvalue weighted by atomic mass is 32.2. The summed E-state index contributed by atoms with van der Waals surface area (Å²) >= 11 is 1.54. The number of nitrogen functional groups attached to an aromatic ring is 1. The maximum Gasteiger partial charge on any atom is 0.209 e. The summed E-state index contributed by atoms with van der Waals surface area (Å²) in [7, 11) is 0. The molecule has 0 aliphatic heterocycles. The van der Waals surface area contributed by atoms with Gasteiger partial charge < -0.3 is 10.6 Å². The lowest BCUT2D eigenvalue weighted by molar-refractivity contribution is 0.318. The van der Waals surface area contributed by atoms with E-state index in [0.717, 1.165) is 18.0 Å². The summed E-state index contributed by atoms with van der Waals surface area (Å²) < 4.78 is 20.0. The molecule has 5 nitrogen and oxygen atoms in total. The van der Waals surface area contributed by atoms with E-state index in [1.165, 1.54) is 28.5 Å². The van der Waals surface area contributed by atoms with E-state index in [2.05, 4.69) is 34.5 Å². The summed E-state index contributed by atoms with van der Waals surface area (Å²) in [6.07, 6.45) is 1.44. The number of thioether (sulfide) groups is 1. The second-order valence-electron chi connectivity index (χ2n) is 6.59. The summed E-state index contributed by atoms with van der Waals surface area (Å²) in [5, 5.41) is 11.6. The Bertz CT molecular complexity index is 1090. The molecular weight excluding hydrogens is 387 g/mol. The van der Waals surface area contributed by atoms with Crippen LogP contribution >= 0.6 is 11.8 Å². The van der Waals surface area contributed by atoms with E-state index in [1.807, 2.05) is 18.2 Å². The van der Waals surface area contributed by atoms with Crippen molar-refractivity contribution in [3.8, 4) is 5.75 Å². The van der Waals surface area contributed by atoms with Crippen molar-refractivity contribution >= 4 is 22.5 Å². The minimum Gasteiger partial charge on any atom is -0.494 e. The number of nitrogens with zero attached hydrogens (tertiary/aromatic N) is 3. The molecule has 0 radical (unpaired) electrons. The van der Waals surface area contributed by atoms with E-state index < -0.39 is 0 Å². The molecule has 0 bridgehead atoms. The van der Waals surface area contributed by atoms with Crippen molar-refractivity contribution in [2.75, 3.05) is 18.2 Å². The fourth-order valence-corrected chi connectivity index (χ4v) is 3.87. The first-order valence-electron chi connectivity index (χ1n) is 9.38. The molecule has 0 saturated carbocycles. The molecule has 0 aliphatic carbocycles. The van der Waals surface area contributed by atoms with E-state index >= 15 is 0 Å². The van der Waals surface area contributed by atoms with Gasteiger partial charge in [0.15, 0.2) is 5.82 Å². The van der Waals surface area contributed by atoms with Gasteiger partial charge in [-0.3, -0.25) is 0 Å². The molecule has 1 heterocycles. The van der Waals surface area contributed by atoms with Crippen molar-refractivity contribution in [1.29, 1.82) is 0 Å². The Morgan fingerprint density at radius 2 is 1.76 bits per heavy atom. The van der Waals surface area contributed by atoms with Gasteiger partial charge in [0.2, 0.25) is 5.16 Å². The minimum absolute atomic E-state index is 0.269. The van der Waals surface area contributed by atoms with Crippen LogP contribution in [0, 0.1) is 5.82 Å². The van der Waals surface area contributed by atoms with E-state index in [-0.39, 0.29) is 5.82 Å². The molecule has 148 valence electrons. The smallest absolute Gasteiger partial charge is 0.209 e. The van der Waals surface area contributed by atoms with Gasteiger partial charge in [0.1, 0.15) is 11.6 Å². The molecule has 7 heteroatoms. The van der Waals surface area contributed by atoms with Gasteiger partial charge >= 0.3 is 0 Å². The Morgan fingerprint density at radius 3 is 2.62 bits per heavy atom. The van der Waals surface area contributed by atoms with Gasteiger partial charge in [-0.1, -0.05) is 54.2 Å². The molecule has 0 saturated heterocycles. The van der Waals surface area contributed by atoms with Gasteiger partial charge in [0, 0.05) is 12.2 Å². The predicted octanol–water partition coefficient (Wildman–Crippen LogP) is 4.44. The number of hydrogen-bond donors (Lipinski definition) is 1. The fourth-order valence-electron chi connectivity index (χ4n) is 3.09. The molecule has 4 rings (SSSR count). The van der Waals surface area contributed by atoms with Crippen molar-refractivity contribution in [3.05, 3.63) is 83.9 Å². The van der Waals surface area contributed by atoms with Gasteiger partial charge in [0.05, 0.1) is 6.61 Å². The first kappa shape index (κ1) is 19.3. The quantitative estimate of drug-likeness (QED) is 0.265. The van der Waals surface area contributed by atoms with E-state index in [1.54, 1.807) is 28.6 Å². The number of nitrogens with two attached hydrogens (primary N) is 1. The summed E-state index contributed by atoms with van der Waals surface area (Å²) in [6, 6.07) is 20.5. The first-order chi connectivity index (χ1) is 14.2. The number of fused-ring (bicyclic) bond motifs is 1. The third-order valence-corrected chi connectivity index (χ3v) is 5.60. The van der Waals surface area contributed by atoms with Crippen LogP contribution in [0.25, 0.3) is 10.8 Å². The van der Waals surface area contributed by atoms with Crippen molar-refractivity contribution < 1.29 is 9.13 Å². The van der Waals surface area contributed by atoms with Crippen LogP contribution in [0.2, 0.25) is 0 Å². The van der Waals surface area contributed by atoms with Crippen LogP contribution in [0.1, 0.15) is 17.8 Å². The highest BCUT2D eigenvalue weighted by Gasteiger charge is 2.12. The minimum atomic E-state index is -0.269. The largest absolute Gasteiger partial charge is 0.494 e. The lowest BCUT2D eigenvalue weighted by Gasteiger charge is -2.07. The summed E-state index contributed by atoms with van der Waals surface area (Å²) in [5.41, 5.74) is 1.17. The summed E-state index contributed by atoms with van der Waals surface area (Å²) in [4.78, 5) is 0. The zero-order valence-corrected chi connectivity index (χ0v) is 16.6. The second kappa shape index (κ2) is 8.96. The second-order valence-corrected chi connectivity index (χ2v) is 7.65. The zero-order valence-electron chi connectivity index (χ0n) is 15.8. The molecule has 0 unspecified atom stereocenters. The lowest BCUT2D eigenvalue weighted by atomic mass is 10.0. The number of rotatable bonds is 8. The fraction of sp³-hybridized carbons (Fsp3) is 0.182. The molecule has 0 spiro atoms. The Hall–Kier alpha value is -3.06. The maximum atomic E-state index is 12.9. The van der Waals surface area contributed by atoms with E-state index in [4.69, 9.17) is 10.6 Å². The highest BCUT2D eigenvalue weighted by molar-refractivity contribution is 7.99. The third kappa shape index (κ3) is 4.68. The number of benzene rings is 3. The summed E-state index contributed by atoms with van der Waals surface area (Å²) in [6.45, 7) is 0.542. The molecular formula is C22H21FN4OS. The molecule has 2 N–H and O–H groups in total. The topological polar surface area (TPSA) is 66.0 Å². The number of hydrogen-bond acceptors (Lipinski definition) is 5. The Labute approximate surface area is 172 Å². The molecule has 1 aromatic heterocycles. The van der Waals surface area contributed by atoms with Crippen molar-refractivity contribution in [1.82, 2.24) is 14.9 Å². The maximum absolute atomic E-state index is 12.9. The average Bonchev–Trinajstić information content (AvgIpc) is 3.09. The molecule has 0 fully saturated rings. The first-order valence-corrected chi connectivity index (χ1v) is 10.4. The standard InChI is InChI=1S/C22H21FN4OS/c23-18-9-11-19(12-10-18)28-13-4-14-29-22-26-25-21(27(22)24)15-17-7-3-6-16-5-1-2-8-20(16)17/h1-3,5-12H,4,13-15,24H2. The van der Waals surface area contributed by atoms with Crippen LogP contribution in [-0.4, -0.2) is 27.2 Å². The van der Waals surface area contributed by atoms with Crippen LogP contribution in [0.5, 0.6) is 5.75 Å². The van der Waals surface area contributed by atoms with E-state index in [9.17, 15) is 4.39 Å².